The highest BCUT2D eigenvalue weighted by molar-refractivity contribution is 14.0. The molecule has 0 aliphatic rings. The van der Waals surface area contributed by atoms with Gasteiger partial charge in [-0.2, -0.15) is 5.26 Å². The van der Waals surface area contributed by atoms with Gasteiger partial charge >= 0.3 is 0 Å². The molecule has 0 heterocycles. The Morgan fingerprint density at radius 1 is 1.12 bits per heavy atom. The molecule has 0 saturated heterocycles. The van der Waals surface area contributed by atoms with Gasteiger partial charge in [0.1, 0.15) is 5.82 Å². The number of hydrogen-bond acceptors (Lipinski definition) is 2. The van der Waals surface area contributed by atoms with Gasteiger partial charge in [-0.1, -0.05) is 24.3 Å². The lowest BCUT2D eigenvalue weighted by molar-refractivity contribution is 0.476. The number of nitrogens with zero attached hydrogens (tertiary/aromatic N) is 3. The van der Waals surface area contributed by atoms with E-state index < -0.39 is 0 Å². The van der Waals surface area contributed by atoms with E-state index in [0.717, 1.165) is 17.1 Å². The average Bonchev–Trinajstić information content (AvgIpc) is 2.58. The number of guanidine groups is 1. The fourth-order valence-corrected chi connectivity index (χ4v) is 2.20. The quantitative estimate of drug-likeness (QED) is 0.452. The summed E-state index contributed by atoms with van der Waals surface area (Å²) in [5.74, 6) is 0.512. The molecule has 1 N–H and O–H groups in total. The smallest absolute Gasteiger partial charge is 0.193 e. The van der Waals surface area contributed by atoms with Crippen LogP contribution in [0.5, 0.6) is 0 Å². The third-order valence-corrected chi connectivity index (χ3v) is 3.44. The molecule has 0 aromatic heterocycles. The Morgan fingerprint density at radius 2 is 1.71 bits per heavy atom. The Labute approximate surface area is 159 Å². The van der Waals surface area contributed by atoms with Gasteiger partial charge in [0.2, 0.25) is 0 Å². The number of nitrogens with one attached hydrogen (secondary N) is 1. The molecule has 0 aliphatic heterocycles. The van der Waals surface area contributed by atoms with Crippen molar-refractivity contribution in [1.29, 1.82) is 5.26 Å². The van der Waals surface area contributed by atoms with Crippen LogP contribution >= 0.6 is 24.0 Å². The maximum atomic E-state index is 12.9. The van der Waals surface area contributed by atoms with Crippen molar-refractivity contribution in [2.24, 2.45) is 4.99 Å². The minimum Gasteiger partial charge on any atom is -0.352 e. The fourth-order valence-electron chi connectivity index (χ4n) is 2.20. The highest BCUT2D eigenvalue weighted by Crippen LogP contribution is 2.07. The first-order valence-electron chi connectivity index (χ1n) is 7.27. The first kappa shape index (κ1) is 19.9. The highest BCUT2D eigenvalue weighted by Gasteiger charge is 2.06. The zero-order valence-electron chi connectivity index (χ0n) is 13.7. The predicted molar refractivity (Wildman–Crippen MR) is 105 cm³/mol. The molecule has 0 radical (unpaired) electrons. The van der Waals surface area contributed by atoms with Crippen LogP contribution in [0.25, 0.3) is 0 Å². The number of aliphatic imine (C=N–C) groups is 1. The van der Waals surface area contributed by atoms with Gasteiger partial charge in [-0.3, -0.25) is 4.99 Å². The number of halogens is 2. The van der Waals surface area contributed by atoms with E-state index in [-0.39, 0.29) is 29.8 Å². The molecule has 24 heavy (non-hydrogen) atoms. The summed E-state index contributed by atoms with van der Waals surface area (Å²) in [5, 5.41) is 12.1. The Bertz CT molecular complexity index is 705. The minimum atomic E-state index is -0.236. The van der Waals surface area contributed by atoms with Crippen molar-refractivity contribution in [1.82, 2.24) is 10.2 Å². The summed E-state index contributed by atoms with van der Waals surface area (Å²) < 4.78 is 12.9. The highest BCUT2D eigenvalue weighted by atomic mass is 127. The van der Waals surface area contributed by atoms with E-state index in [9.17, 15) is 4.39 Å². The second-order valence-electron chi connectivity index (χ2n) is 5.19. The Hall–Kier alpha value is -2.14. The molecular formula is C18H20FIN4. The number of rotatable bonds is 4. The van der Waals surface area contributed by atoms with Crippen molar-refractivity contribution < 1.29 is 4.39 Å². The molecule has 0 atom stereocenters. The second-order valence-corrected chi connectivity index (χ2v) is 5.19. The minimum absolute atomic E-state index is 0. The summed E-state index contributed by atoms with van der Waals surface area (Å²) in [6.45, 7) is 1.25. The van der Waals surface area contributed by atoms with E-state index in [1.54, 1.807) is 31.3 Å². The van der Waals surface area contributed by atoms with Crippen LogP contribution in [0.15, 0.2) is 53.5 Å². The van der Waals surface area contributed by atoms with Gasteiger partial charge < -0.3 is 10.2 Å². The molecule has 0 amide bonds. The molecular weight excluding hydrogens is 418 g/mol. The second kappa shape index (κ2) is 9.88. The molecule has 0 spiro atoms. The van der Waals surface area contributed by atoms with E-state index in [2.05, 4.69) is 16.4 Å². The van der Waals surface area contributed by atoms with E-state index >= 15 is 0 Å². The van der Waals surface area contributed by atoms with Gasteiger partial charge in [-0.25, -0.2) is 4.39 Å². The van der Waals surface area contributed by atoms with E-state index in [1.165, 1.54) is 12.1 Å². The van der Waals surface area contributed by atoms with Crippen molar-refractivity contribution in [2.45, 2.75) is 13.1 Å². The molecule has 0 aliphatic carbocycles. The van der Waals surface area contributed by atoms with Crippen LogP contribution in [0, 0.1) is 17.1 Å². The maximum absolute atomic E-state index is 12.9. The van der Waals surface area contributed by atoms with E-state index in [4.69, 9.17) is 5.26 Å². The van der Waals surface area contributed by atoms with Crippen molar-refractivity contribution in [2.75, 3.05) is 14.1 Å². The van der Waals surface area contributed by atoms with Gasteiger partial charge in [0.15, 0.2) is 5.96 Å². The summed E-state index contributed by atoms with van der Waals surface area (Å²) in [6, 6.07) is 16.0. The molecule has 2 aromatic carbocycles. The summed E-state index contributed by atoms with van der Waals surface area (Å²) in [4.78, 5) is 6.22. The fraction of sp³-hybridized carbons (Fsp3) is 0.222. The molecule has 0 unspecified atom stereocenters. The molecule has 0 bridgehead atoms. The van der Waals surface area contributed by atoms with Crippen LogP contribution in [-0.2, 0) is 13.1 Å². The SMILES string of the molecule is CN=C(NCc1ccc(C#N)cc1)N(C)Cc1ccc(F)cc1.I. The largest absolute Gasteiger partial charge is 0.352 e. The van der Waals surface area contributed by atoms with Crippen molar-refractivity contribution in [3.63, 3.8) is 0 Å². The normalized spacial score (nSPS) is 10.5. The number of hydrogen-bond donors (Lipinski definition) is 1. The molecule has 0 fully saturated rings. The van der Waals surface area contributed by atoms with Crippen molar-refractivity contribution in [3.05, 3.63) is 71.0 Å². The van der Waals surface area contributed by atoms with Gasteiger partial charge in [-0.05, 0) is 35.4 Å². The van der Waals surface area contributed by atoms with Crippen LogP contribution in [0.4, 0.5) is 4.39 Å². The number of benzene rings is 2. The predicted octanol–water partition coefficient (Wildman–Crippen LogP) is 3.52. The third-order valence-electron chi connectivity index (χ3n) is 3.44. The number of nitriles is 1. The first-order valence-corrected chi connectivity index (χ1v) is 7.27. The lowest BCUT2D eigenvalue weighted by atomic mass is 10.1. The summed E-state index contributed by atoms with van der Waals surface area (Å²) in [5.41, 5.74) is 2.72. The molecule has 0 saturated carbocycles. The van der Waals surface area contributed by atoms with Gasteiger partial charge in [0.25, 0.3) is 0 Å². The lowest BCUT2D eigenvalue weighted by Crippen LogP contribution is -2.38. The molecule has 6 heteroatoms. The molecule has 2 rings (SSSR count). The molecule has 4 nitrogen and oxygen atoms in total. The van der Waals surface area contributed by atoms with Crippen molar-refractivity contribution in [3.8, 4) is 6.07 Å². The van der Waals surface area contributed by atoms with Crippen LogP contribution in [0.3, 0.4) is 0 Å². The van der Waals surface area contributed by atoms with Crippen LogP contribution < -0.4 is 5.32 Å². The lowest BCUT2D eigenvalue weighted by Gasteiger charge is -2.22. The molecule has 126 valence electrons. The maximum Gasteiger partial charge on any atom is 0.193 e. The zero-order valence-corrected chi connectivity index (χ0v) is 16.0. The summed E-state index contributed by atoms with van der Waals surface area (Å²) >= 11 is 0. The Balaban J connectivity index is 0.00000288. The van der Waals surface area contributed by atoms with Gasteiger partial charge in [-0.15, -0.1) is 24.0 Å². The Morgan fingerprint density at radius 3 is 2.25 bits per heavy atom. The van der Waals surface area contributed by atoms with Crippen LogP contribution in [0.2, 0.25) is 0 Å². The van der Waals surface area contributed by atoms with E-state index in [1.807, 2.05) is 24.1 Å². The zero-order chi connectivity index (χ0) is 16.7. The topological polar surface area (TPSA) is 51.4 Å². The summed E-state index contributed by atoms with van der Waals surface area (Å²) in [6.07, 6.45) is 0. The van der Waals surface area contributed by atoms with E-state index in [0.29, 0.717) is 18.7 Å². The molecule has 2 aromatic rings. The average molecular weight is 438 g/mol. The van der Waals surface area contributed by atoms with Gasteiger partial charge in [0.05, 0.1) is 11.6 Å². The van der Waals surface area contributed by atoms with Crippen molar-refractivity contribution >= 4 is 29.9 Å². The van der Waals surface area contributed by atoms with Gasteiger partial charge in [0, 0.05) is 27.2 Å². The van der Waals surface area contributed by atoms with Crippen LogP contribution in [0.1, 0.15) is 16.7 Å². The monoisotopic (exact) mass is 438 g/mol. The Kier molecular flexibility index (Phi) is 8.19. The third kappa shape index (κ3) is 5.81. The summed E-state index contributed by atoms with van der Waals surface area (Å²) in [7, 11) is 3.65. The van der Waals surface area contributed by atoms with Crippen LogP contribution in [-0.4, -0.2) is 25.0 Å². The standard InChI is InChI=1S/C18H19FN4.HI/c1-21-18(22-12-15-5-3-14(11-20)4-6-15)23(2)13-16-7-9-17(19)10-8-16;/h3-10H,12-13H2,1-2H3,(H,21,22);1H. The first-order chi connectivity index (χ1) is 11.1.